The van der Waals surface area contributed by atoms with E-state index in [2.05, 4.69) is 10.2 Å². The number of benzene rings is 2. The highest BCUT2D eigenvalue weighted by Gasteiger charge is 2.34. The van der Waals surface area contributed by atoms with E-state index in [4.69, 9.17) is 4.74 Å². The third-order valence-corrected chi connectivity index (χ3v) is 5.34. The van der Waals surface area contributed by atoms with Crippen LogP contribution >= 0.6 is 0 Å². The molecule has 2 fully saturated rings. The number of carbonyl (C=O) groups is 2. The van der Waals surface area contributed by atoms with Gasteiger partial charge in [-0.3, -0.25) is 9.59 Å². The average Bonchev–Trinajstić information content (AvgIpc) is 3.59. The molecule has 1 N–H and O–H groups in total. The van der Waals surface area contributed by atoms with Gasteiger partial charge in [0.05, 0.1) is 7.11 Å². The normalized spacial score (nSPS) is 16.6. The first-order valence-corrected chi connectivity index (χ1v) is 9.73. The van der Waals surface area contributed by atoms with Crippen LogP contribution in [0.3, 0.4) is 0 Å². The molecule has 1 aliphatic carbocycles. The fourth-order valence-electron chi connectivity index (χ4n) is 3.50. The third kappa shape index (κ3) is 4.11. The number of ether oxygens (including phenoxy) is 1. The number of hydrogen-bond donors (Lipinski definition) is 1. The predicted octanol–water partition coefficient (Wildman–Crippen LogP) is 3.01. The van der Waals surface area contributed by atoms with Crippen molar-refractivity contribution in [2.24, 2.45) is 5.92 Å². The van der Waals surface area contributed by atoms with Crippen LogP contribution in [-0.4, -0.2) is 50.0 Å². The van der Waals surface area contributed by atoms with Gasteiger partial charge in [-0.25, -0.2) is 0 Å². The lowest BCUT2D eigenvalue weighted by molar-refractivity contribution is -0.132. The fourth-order valence-corrected chi connectivity index (χ4v) is 3.50. The van der Waals surface area contributed by atoms with Crippen molar-refractivity contribution in [1.82, 2.24) is 4.90 Å². The summed E-state index contributed by atoms with van der Waals surface area (Å²) in [7, 11) is 1.58. The molecular weight excluding hydrogens is 354 g/mol. The summed E-state index contributed by atoms with van der Waals surface area (Å²) >= 11 is 0. The standard InChI is InChI=1S/C22H25N3O3/c1-28-20-4-2-3-17(15-20)21(26)23-18-7-9-19(10-8-18)24-11-13-25(14-12-24)22(27)16-5-6-16/h2-4,7-10,15-16H,5-6,11-14H2,1H3,(H,23,26). The smallest absolute Gasteiger partial charge is 0.255 e. The van der Waals surface area contributed by atoms with Crippen LogP contribution in [0, 0.1) is 5.92 Å². The average molecular weight is 379 g/mol. The Morgan fingerprint density at radius 1 is 1.00 bits per heavy atom. The van der Waals surface area contributed by atoms with Gasteiger partial charge in [0.2, 0.25) is 5.91 Å². The highest BCUT2D eigenvalue weighted by molar-refractivity contribution is 6.04. The maximum atomic E-state index is 12.4. The molecule has 6 heteroatoms. The van der Waals surface area contributed by atoms with Crippen LogP contribution in [0.2, 0.25) is 0 Å². The molecule has 1 saturated carbocycles. The van der Waals surface area contributed by atoms with Gasteiger partial charge in [-0.15, -0.1) is 0 Å². The van der Waals surface area contributed by atoms with E-state index in [1.165, 1.54) is 0 Å². The second-order valence-corrected chi connectivity index (χ2v) is 7.32. The van der Waals surface area contributed by atoms with E-state index in [0.717, 1.165) is 50.4 Å². The molecule has 0 atom stereocenters. The van der Waals surface area contributed by atoms with Crippen molar-refractivity contribution >= 4 is 23.2 Å². The molecule has 2 aromatic rings. The van der Waals surface area contributed by atoms with Gasteiger partial charge in [0.15, 0.2) is 0 Å². The summed E-state index contributed by atoms with van der Waals surface area (Å²) in [6.07, 6.45) is 2.12. The van der Waals surface area contributed by atoms with Crippen LogP contribution in [0.1, 0.15) is 23.2 Å². The van der Waals surface area contributed by atoms with E-state index in [0.29, 0.717) is 23.1 Å². The highest BCUT2D eigenvalue weighted by atomic mass is 16.5. The molecule has 2 amide bonds. The minimum absolute atomic E-state index is 0.168. The fraction of sp³-hybridized carbons (Fsp3) is 0.364. The van der Waals surface area contributed by atoms with Crippen molar-refractivity contribution in [2.45, 2.75) is 12.8 Å². The Labute approximate surface area is 165 Å². The number of nitrogens with zero attached hydrogens (tertiary/aromatic N) is 2. The summed E-state index contributed by atoms with van der Waals surface area (Å²) in [5.41, 5.74) is 2.41. The minimum Gasteiger partial charge on any atom is -0.497 e. The second-order valence-electron chi connectivity index (χ2n) is 7.32. The first-order chi connectivity index (χ1) is 13.6. The van der Waals surface area contributed by atoms with Crippen molar-refractivity contribution in [3.8, 4) is 5.75 Å². The van der Waals surface area contributed by atoms with Crippen molar-refractivity contribution in [1.29, 1.82) is 0 Å². The Morgan fingerprint density at radius 2 is 1.71 bits per heavy atom. The van der Waals surface area contributed by atoms with Crippen molar-refractivity contribution < 1.29 is 14.3 Å². The molecule has 0 spiro atoms. The van der Waals surface area contributed by atoms with Gasteiger partial charge in [0.1, 0.15) is 5.75 Å². The molecule has 4 rings (SSSR count). The molecule has 1 saturated heterocycles. The molecule has 2 aliphatic rings. The van der Waals surface area contributed by atoms with Crippen LogP contribution in [0.4, 0.5) is 11.4 Å². The number of nitrogens with one attached hydrogen (secondary N) is 1. The molecule has 0 radical (unpaired) electrons. The van der Waals surface area contributed by atoms with Crippen molar-refractivity contribution in [3.63, 3.8) is 0 Å². The van der Waals surface area contributed by atoms with Gasteiger partial charge in [0, 0.05) is 49.0 Å². The molecule has 0 bridgehead atoms. The van der Waals surface area contributed by atoms with E-state index in [9.17, 15) is 9.59 Å². The lowest BCUT2D eigenvalue weighted by Gasteiger charge is -2.36. The first-order valence-electron chi connectivity index (χ1n) is 9.73. The Kier molecular flexibility index (Phi) is 5.19. The third-order valence-electron chi connectivity index (χ3n) is 5.34. The summed E-state index contributed by atoms with van der Waals surface area (Å²) in [5, 5.41) is 2.92. The van der Waals surface area contributed by atoms with Crippen LogP contribution in [0.25, 0.3) is 0 Å². The zero-order chi connectivity index (χ0) is 19.5. The van der Waals surface area contributed by atoms with Gasteiger partial charge in [-0.05, 0) is 55.3 Å². The summed E-state index contributed by atoms with van der Waals surface area (Å²) in [6.45, 7) is 3.25. The Bertz CT molecular complexity index is 854. The molecule has 6 nitrogen and oxygen atoms in total. The van der Waals surface area contributed by atoms with Crippen molar-refractivity contribution in [2.75, 3.05) is 43.5 Å². The lowest BCUT2D eigenvalue weighted by atomic mass is 10.2. The summed E-state index contributed by atoms with van der Waals surface area (Å²) in [5.74, 6) is 1.11. The van der Waals surface area contributed by atoms with Crippen LogP contribution in [-0.2, 0) is 4.79 Å². The monoisotopic (exact) mass is 379 g/mol. The van der Waals surface area contributed by atoms with Gasteiger partial charge >= 0.3 is 0 Å². The number of rotatable bonds is 5. The van der Waals surface area contributed by atoms with Gasteiger partial charge in [-0.1, -0.05) is 6.07 Å². The topological polar surface area (TPSA) is 61.9 Å². The maximum Gasteiger partial charge on any atom is 0.255 e. The molecule has 28 heavy (non-hydrogen) atoms. The number of methoxy groups -OCH3 is 1. The summed E-state index contributed by atoms with van der Waals surface area (Å²) < 4.78 is 5.17. The zero-order valence-electron chi connectivity index (χ0n) is 16.1. The van der Waals surface area contributed by atoms with Crippen LogP contribution in [0.15, 0.2) is 48.5 Å². The van der Waals surface area contributed by atoms with E-state index in [-0.39, 0.29) is 5.91 Å². The van der Waals surface area contributed by atoms with E-state index < -0.39 is 0 Å². The quantitative estimate of drug-likeness (QED) is 0.868. The Morgan fingerprint density at radius 3 is 2.36 bits per heavy atom. The summed E-state index contributed by atoms with van der Waals surface area (Å²) in [4.78, 5) is 28.9. The lowest BCUT2D eigenvalue weighted by Crippen LogP contribution is -2.49. The Balaban J connectivity index is 1.33. The molecule has 2 aromatic carbocycles. The number of carbonyl (C=O) groups excluding carboxylic acids is 2. The molecule has 1 aliphatic heterocycles. The highest BCUT2D eigenvalue weighted by Crippen LogP contribution is 2.31. The zero-order valence-corrected chi connectivity index (χ0v) is 16.1. The summed E-state index contributed by atoms with van der Waals surface area (Å²) in [6, 6.07) is 14.9. The minimum atomic E-state index is -0.168. The SMILES string of the molecule is COc1cccc(C(=O)Nc2ccc(N3CCN(C(=O)C4CC4)CC3)cc2)c1. The number of amides is 2. The van der Waals surface area contributed by atoms with Crippen LogP contribution < -0.4 is 15.0 Å². The molecule has 146 valence electrons. The molecule has 1 heterocycles. The number of hydrogen-bond acceptors (Lipinski definition) is 4. The molecule has 0 unspecified atom stereocenters. The van der Waals surface area contributed by atoms with E-state index >= 15 is 0 Å². The van der Waals surface area contributed by atoms with Gasteiger partial charge in [0.25, 0.3) is 5.91 Å². The van der Waals surface area contributed by atoms with Gasteiger partial charge in [-0.2, -0.15) is 0 Å². The number of anilines is 2. The van der Waals surface area contributed by atoms with Crippen molar-refractivity contribution in [3.05, 3.63) is 54.1 Å². The second kappa shape index (κ2) is 7.92. The largest absolute Gasteiger partial charge is 0.497 e. The maximum absolute atomic E-state index is 12.4. The van der Waals surface area contributed by atoms with Crippen LogP contribution in [0.5, 0.6) is 5.75 Å². The molecule has 0 aromatic heterocycles. The predicted molar refractivity (Wildman–Crippen MR) is 109 cm³/mol. The number of piperazine rings is 1. The van der Waals surface area contributed by atoms with E-state index in [1.54, 1.807) is 25.3 Å². The van der Waals surface area contributed by atoms with Gasteiger partial charge < -0.3 is 19.9 Å². The molecular formula is C22H25N3O3. The first kappa shape index (κ1) is 18.3. The Hall–Kier alpha value is -3.02. The van der Waals surface area contributed by atoms with E-state index in [1.807, 2.05) is 35.2 Å².